The number of nitrogens with zero attached hydrogens (tertiary/aromatic N) is 2. The number of benzene rings is 2. The molecule has 1 amide bonds. The highest BCUT2D eigenvalue weighted by molar-refractivity contribution is 7.86. The predicted octanol–water partition coefficient (Wildman–Crippen LogP) is 3.89. The zero-order valence-corrected chi connectivity index (χ0v) is 39.5. The van der Waals surface area contributed by atoms with Crippen LogP contribution in [0.2, 0.25) is 0 Å². The first-order valence-electron chi connectivity index (χ1n) is 20.8. The molecule has 21 heteroatoms. The Kier molecular flexibility index (Phi) is 18.8. The van der Waals surface area contributed by atoms with Crippen LogP contribution in [0.5, 0.6) is 0 Å². The maximum absolute atomic E-state index is 12.3. The number of fused-ring (bicyclic) bond motifs is 2. The molecule has 1 aromatic carbocycles. The van der Waals surface area contributed by atoms with Crippen LogP contribution in [0.15, 0.2) is 69.6 Å². The molecule has 0 fully saturated rings. The maximum atomic E-state index is 12.3. The third-order valence-corrected chi connectivity index (χ3v) is 13.1. The van der Waals surface area contributed by atoms with E-state index < -0.39 is 53.2 Å². The molecule has 1 atom stereocenters. The molecule has 2 heterocycles. The molecule has 0 saturated carbocycles. The number of primary amides is 1. The summed E-state index contributed by atoms with van der Waals surface area (Å²) in [5.74, 6) is -0.393. The van der Waals surface area contributed by atoms with Crippen molar-refractivity contribution in [2.24, 2.45) is 5.73 Å². The van der Waals surface area contributed by atoms with Crippen molar-refractivity contribution < 1.29 is 67.1 Å². The molecule has 1 unspecified atom stereocenters. The molecule has 4 rings (SSSR count). The van der Waals surface area contributed by atoms with E-state index in [0.717, 1.165) is 16.5 Å². The highest BCUT2D eigenvalue weighted by Gasteiger charge is 2.44. The molecule has 64 heavy (non-hydrogen) atoms. The van der Waals surface area contributed by atoms with Crippen molar-refractivity contribution in [1.82, 2.24) is 4.58 Å². The Morgan fingerprint density at radius 3 is 2.14 bits per heavy atom. The molecular formula is C43H62N3O15S3+. The number of nitrogens with two attached hydrogens (primary N) is 1. The summed E-state index contributed by atoms with van der Waals surface area (Å²) in [4.78, 5) is 12.6. The molecular weight excluding hydrogens is 895 g/mol. The molecule has 0 bridgehead atoms. The highest BCUT2D eigenvalue weighted by Crippen LogP contribution is 2.51. The number of ether oxygens (including phenoxy) is 4. The van der Waals surface area contributed by atoms with Crippen LogP contribution in [0.3, 0.4) is 0 Å². The molecule has 0 radical (unpaired) electrons. The minimum Gasteiger partial charge on any atom is -0.456 e. The minimum atomic E-state index is -4.62. The van der Waals surface area contributed by atoms with Gasteiger partial charge in [0, 0.05) is 54.9 Å². The average molecular weight is 957 g/mol. The van der Waals surface area contributed by atoms with E-state index in [0.29, 0.717) is 61.4 Å². The van der Waals surface area contributed by atoms with Crippen LogP contribution < -0.4 is 20.6 Å². The van der Waals surface area contributed by atoms with E-state index in [9.17, 15) is 43.7 Å². The van der Waals surface area contributed by atoms with E-state index in [1.807, 2.05) is 46.7 Å². The van der Waals surface area contributed by atoms with Crippen LogP contribution in [0.1, 0.15) is 70.3 Å². The lowest BCUT2D eigenvalue weighted by Crippen LogP contribution is -2.35. The van der Waals surface area contributed by atoms with Gasteiger partial charge in [-0.05, 0) is 78.8 Å². The van der Waals surface area contributed by atoms with Gasteiger partial charge in [-0.2, -0.15) is 25.3 Å². The summed E-state index contributed by atoms with van der Waals surface area (Å²) in [6.45, 7) is 10.9. The number of amides is 1. The zero-order valence-electron chi connectivity index (χ0n) is 37.0. The van der Waals surface area contributed by atoms with Crippen LogP contribution >= 0.6 is 0 Å². The Bertz CT molecular complexity index is 2510. The molecule has 1 aromatic rings. The highest BCUT2D eigenvalue weighted by atomic mass is 32.2. The minimum absolute atomic E-state index is 0.0162. The smallest absolute Gasteiger partial charge is 0.294 e. The van der Waals surface area contributed by atoms with Crippen LogP contribution in [0.25, 0.3) is 17.4 Å². The molecule has 5 N–H and O–H groups in total. The monoisotopic (exact) mass is 956 g/mol. The standard InChI is InChI=1S/C43H61N3O15S3/c1-42(2,3)36-30-33(61-39-29-32(11-13-35(36)39)45(17-8-28-63(51,52)53)18-21-59-24-23-57-5)9-6-10-40-43(4,16-7-27-62(48,49)50)37-31-34(64(54,55)56)12-14-38(37)46(40)19-22-60-26-25-58-20-15-41(44)47/h6,9-14,29-31H,7-8,15-28H2,1-5H3,(H4-,44,47,48,49,50,51,52,53,54,55,56)/p+1. The molecule has 356 valence electrons. The average Bonchev–Trinajstić information content (AvgIpc) is 3.41. The number of hydrogen-bond donors (Lipinski definition) is 4. The second-order valence-electron chi connectivity index (χ2n) is 16.6. The van der Waals surface area contributed by atoms with Gasteiger partial charge in [0.15, 0.2) is 6.54 Å². The number of carbonyl (C=O) groups excluding carboxylic acids is 1. The Hall–Kier alpha value is -4.03. The topological polar surface area (TPSA) is 263 Å². The summed E-state index contributed by atoms with van der Waals surface area (Å²) >= 11 is 0. The Labute approximate surface area is 376 Å². The van der Waals surface area contributed by atoms with E-state index in [-0.39, 0.29) is 69.0 Å². The van der Waals surface area contributed by atoms with Crippen molar-refractivity contribution in [1.29, 1.82) is 0 Å². The fourth-order valence-corrected chi connectivity index (χ4v) is 9.02. The number of allylic oxidation sites excluding steroid dienone is 3. The molecule has 2 aliphatic heterocycles. The second-order valence-corrected chi connectivity index (χ2v) is 21.2. The molecule has 0 spiro atoms. The molecule has 18 nitrogen and oxygen atoms in total. The number of anilines is 1. The lowest BCUT2D eigenvalue weighted by atomic mass is 9.77. The lowest BCUT2D eigenvalue weighted by Gasteiger charge is -2.30. The van der Waals surface area contributed by atoms with Gasteiger partial charge in [0.2, 0.25) is 11.3 Å². The van der Waals surface area contributed by atoms with Gasteiger partial charge in [0.25, 0.3) is 30.4 Å². The molecule has 0 saturated heterocycles. The van der Waals surface area contributed by atoms with Gasteiger partial charge in [-0.25, -0.2) is 4.58 Å². The lowest BCUT2D eigenvalue weighted by molar-refractivity contribution is -0.119. The summed E-state index contributed by atoms with van der Waals surface area (Å²) in [6.07, 6.45) is 5.78. The van der Waals surface area contributed by atoms with Crippen molar-refractivity contribution in [3.8, 4) is 11.3 Å². The van der Waals surface area contributed by atoms with E-state index in [4.69, 9.17) is 29.1 Å². The Balaban J connectivity index is 1.81. The van der Waals surface area contributed by atoms with Gasteiger partial charge in [-0.15, -0.1) is 0 Å². The first-order chi connectivity index (χ1) is 29.9. The maximum Gasteiger partial charge on any atom is 0.294 e. The second kappa shape index (κ2) is 22.9. The predicted molar refractivity (Wildman–Crippen MR) is 242 cm³/mol. The van der Waals surface area contributed by atoms with Gasteiger partial charge in [0.05, 0.1) is 62.1 Å². The fourth-order valence-electron chi connectivity index (χ4n) is 7.51. The number of carbonyl (C=O) groups is 1. The zero-order chi connectivity index (χ0) is 47.3. The number of rotatable bonds is 26. The first-order valence-corrected chi connectivity index (χ1v) is 25.4. The van der Waals surface area contributed by atoms with E-state index in [1.165, 1.54) is 12.1 Å². The van der Waals surface area contributed by atoms with Gasteiger partial charge >= 0.3 is 0 Å². The molecule has 3 aliphatic rings. The van der Waals surface area contributed by atoms with Crippen LogP contribution in [-0.2, 0) is 64.9 Å². The van der Waals surface area contributed by atoms with Crippen molar-refractivity contribution >= 4 is 48.0 Å². The van der Waals surface area contributed by atoms with Crippen LogP contribution in [-0.4, -0.2) is 129 Å². The first kappa shape index (κ1) is 52.6. The summed E-state index contributed by atoms with van der Waals surface area (Å²) in [5, 5.41) is 0.744. The Morgan fingerprint density at radius 1 is 0.844 bits per heavy atom. The Morgan fingerprint density at radius 2 is 1.50 bits per heavy atom. The van der Waals surface area contributed by atoms with Crippen molar-refractivity contribution in [3.05, 3.63) is 82.6 Å². The van der Waals surface area contributed by atoms with Crippen LogP contribution in [0, 0.1) is 0 Å². The fraction of sp³-hybridized carbons (Fsp3) is 0.535. The third kappa shape index (κ3) is 15.8. The summed E-state index contributed by atoms with van der Waals surface area (Å²) < 4.78 is 131. The third-order valence-electron chi connectivity index (χ3n) is 10.6. The van der Waals surface area contributed by atoms with E-state index >= 15 is 0 Å². The SMILES string of the molecule is COCCOCC[N+](CCCS(=O)(=O)O)=c1ccc2c(C(C)(C)C)cc(C=CC=C3N(CCOCCOCCC(N)=O)c4ccc(S(=O)(=O)O)cc4C3(C)CCCS(=O)(=O)O)oc-2c1. The van der Waals surface area contributed by atoms with Crippen LogP contribution in [0.4, 0.5) is 5.69 Å². The van der Waals surface area contributed by atoms with E-state index in [1.54, 1.807) is 25.3 Å². The van der Waals surface area contributed by atoms with Gasteiger partial charge < -0.3 is 34.0 Å². The molecule has 1 aliphatic carbocycles. The van der Waals surface area contributed by atoms with Gasteiger partial charge in [-0.1, -0.05) is 26.8 Å². The van der Waals surface area contributed by atoms with Crippen molar-refractivity contribution in [2.75, 3.05) is 89.4 Å². The number of methoxy groups -OCH3 is 1. The van der Waals surface area contributed by atoms with Crippen molar-refractivity contribution in [2.45, 2.75) is 69.1 Å². The number of hydrogen-bond acceptors (Lipinski definition) is 13. The van der Waals surface area contributed by atoms with Crippen molar-refractivity contribution in [3.63, 3.8) is 0 Å². The summed E-state index contributed by atoms with van der Waals surface area (Å²) in [7, 11) is -11.5. The quantitative estimate of drug-likeness (QED) is 0.0505. The normalized spacial score (nSPS) is 17.2. The van der Waals surface area contributed by atoms with Gasteiger partial charge in [0.1, 0.15) is 24.7 Å². The molecule has 0 aromatic heterocycles. The summed E-state index contributed by atoms with van der Waals surface area (Å²) in [5.41, 5.74) is 7.40. The largest absolute Gasteiger partial charge is 0.456 e. The summed E-state index contributed by atoms with van der Waals surface area (Å²) in [6, 6.07) is 11.9. The van der Waals surface area contributed by atoms with E-state index in [2.05, 4.69) is 20.8 Å². The van der Waals surface area contributed by atoms with Gasteiger partial charge in [-0.3, -0.25) is 18.5 Å².